The lowest BCUT2D eigenvalue weighted by atomic mass is 9.93. The van der Waals surface area contributed by atoms with Gasteiger partial charge in [0.1, 0.15) is 12.2 Å². The molecule has 148 valence electrons. The van der Waals surface area contributed by atoms with Crippen molar-refractivity contribution < 1.29 is 33.8 Å². The van der Waals surface area contributed by atoms with E-state index in [0.717, 1.165) is 4.57 Å². The summed E-state index contributed by atoms with van der Waals surface area (Å²) >= 11 is 1.70. The summed E-state index contributed by atoms with van der Waals surface area (Å²) in [5, 5.41) is 20.5. The van der Waals surface area contributed by atoms with E-state index >= 15 is 0 Å². The van der Waals surface area contributed by atoms with E-state index in [1.54, 1.807) is 29.5 Å². The van der Waals surface area contributed by atoms with Crippen LogP contribution >= 0.6 is 30.4 Å². The molecule has 0 bridgehead atoms. The highest BCUT2D eigenvalue weighted by molar-refractivity contribution is 14.1. The standard InChI is InChI=1S/C13H20IN2O9P/c1-3-13(2,25-26(21,22)23)4-7-8(17)9(18)11(24-7)16-5-6(14)10(19)15-12(16)20/h5,7-9,11,17-18H,3-4H2,1-2H3,(H,15,19,20)(H2,21,22,23)/t7-,8-,9-,11-,13?/m1/s1. The SMILES string of the molecule is CCC(C)(C[C@H]1O[C@@H](n2cc(I)c(=O)[nH]c2=O)[C@H](O)[C@@H]1O)OP(=O)(O)O. The van der Waals surface area contributed by atoms with Crippen molar-refractivity contribution in [1.29, 1.82) is 0 Å². The molecule has 2 rings (SSSR count). The predicted molar refractivity (Wildman–Crippen MR) is 96.4 cm³/mol. The number of phosphoric acid groups is 1. The van der Waals surface area contributed by atoms with Crippen LogP contribution in [0.5, 0.6) is 0 Å². The minimum absolute atomic E-state index is 0.140. The summed E-state index contributed by atoms with van der Waals surface area (Å²) in [6.45, 7) is 3.08. The molecule has 1 saturated heterocycles. The third-order valence-corrected chi connectivity index (χ3v) is 5.70. The number of nitrogens with zero attached hydrogens (tertiary/aromatic N) is 1. The zero-order valence-electron chi connectivity index (χ0n) is 13.9. The van der Waals surface area contributed by atoms with Crippen molar-refractivity contribution in [3.63, 3.8) is 0 Å². The van der Waals surface area contributed by atoms with Gasteiger partial charge in [-0.05, 0) is 35.9 Å². The van der Waals surface area contributed by atoms with E-state index in [2.05, 4.69) is 4.98 Å². The van der Waals surface area contributed by atoms with E-state index in [1.165, 1.54) is 13.1 Å². The van der Waals surface area contributed by atoms with Gasteiger partial charge in [0.05, 0.1) is 15.3 Å². The second-order valence-electron chi connectivity index (χ2n) is 6.28. The zero-order chi connectivity index (χ0) is 19.9. The van der Waals surface area contributed by atoms with Crippen molar-refractivity contribution in [2.24, 2.45) is 0 Å². The van der Waals surface area contributed by atoms with Crippen LogP contribution in [0.4, 0.5) is 0 Å². The largest absolute Gasteiger partial charge is 0.470 e. The molecule has 1 unspecified atom stereocenters. The van der Waals surface area contributed by atoms with E-state index in [1.807, 2.05) is 0 Å². The van der Waals surface area contributed by atoms with Crippen LogP contribution in [0.2, 0.25) is 0 Å². The molecule has 0 aliphatic carbocycles. The number of hydrogen-bond donors (Lipinski definition) is 5. The fourth-order valence-corrected chi connectivity index (χ4v) is 3.95. The number of nitrogens with one attached hydrogen (secondary N) is 1. The quantitative estimate of drug-likeness (QED) is 0.250. The minimum Gasteiger partial charge on any atom is -0.388 e. The Balaban J connectivity index is 2.27. The fourth-order valence-electron chi connectivity index (χ4n) is 2.74. The van der Waals surface area contributed by atoms with E-state index in [0.29, 0.717) is 0 Å². The van der Waals surface area contributed by atoms with Crippen molar-refractivity contribution >= 4 is 30.4 Å². The molecule has 2 heterocycles. The Morgan fingerprint density at radius 2 is 2.00 bits per heavy atom. The zero-order valence-corrected chi connectivity index (χ0v) is 17.0. The van der Waals surface area contributed by atoms with Gasteiger partial charge in [0.2, 0.25) is 0 Å². The summed E-state index contributed by atoms with van der Waals surface area (Å²) in [7, 11) is -4.78. The third-order valence-electron chi connectivity index (χ3n) is 4.26. The Morgan fingerprint density at radius 1 is 1.38 bits per heavy atom. The molecule has 26 heavy (non-hydrogen) atoms. The highest BCUT2D eigenvalue weighted by Gasteiger charge is 2.47. The molecular weight excluding hydrogens is 486 g/mol. The van der Waals surface area contributed by atoms with Gasteiger partial charge in [0.25, 0.3) is 5.56 Å². The molecular formula is C13H20IN2O9P. The van der Waals surface area contributed by atoms with Crippen molar-refractivity contribution in [1.82, 2.24) is 9.55 Å². The first-order chi connectivity index (χ1) is 11.9. The molecule has 0 saturated carbocycles. The van der Waals surface area contributed by atoms with Gasteiger partial charge in [-0.25, -0.2) is 9.36 Å². The van der Waals surface area contributed by atoms with Crippen LogP contribution in [-0.2, 0) is 13.8 Å². The first-order valence-electron chi connectivity index (χ1n) is 7.66. The molecule has 0 aromatic carbocycles. The number of ether oxygens (including phenoxy) is 1. The number of aliphatic hydroxyl groups is 2. The minimum atomic E-state index is -4.78. The monoisotopic (exact) mass is 506 g/mol. The Hall–Kier alpha value is -0.600. The average Bonchev–Trinajstić information content (AvgIpc) is 2.77. The summed E-state index contributed by atoms with van der Waals surface area (Å²) in [5.74, 6) is 0. The van der Waals surface area contributed by atoms with Gasteiger partial charge in [-0.1, -0.05) is 6.92 Å². The van der Waals surface area contributed by atoms with E-state index < -0.39 is 49.2 Å². The average molecular weight is 506 g/mol. The van der Waals surface area contributed by atoms with Crippen molar-refractivity contribution in [3.8, 4) is 0 Å². The number of hydrogen-bond acceptors (Lipinski definition) is 7. The van der Waals surface area contributed by atoms with E-state index in [4.69, 9.17) is 19.0 Å². The molecule has 1 aromatic rings. The number of halogens is 1. The highest BCUT2D eigenvalue weighted by Crippen LogP contribution is 2.45. The number of rotatable bonds is 6. The van der Waals surface area contributed by atoms with E-state index in [9.17, 15) is 24.4 Å². The van der Waals surface area contributed by atoms with E-state index in [-0.39, 0.29) is 16.4 Å². The van der Waals surface area contributed by atoms with Gasteiger partial charge in [-0.2, -0.15) is 0 Å². The lowest BCUT2D eigenvalue weighted by Crippen LogP contribution is -2.39. The van der Waals surface area contributed by atoms with Crippen molar-refractivity contribution in [2.45, 2.75) is 56.8 Å². The van der Waals surface area contributed by atoms with Crippen LogP contribution in [-0.4, -0.2) is 53.5 Å². The Bertz CT molecular complexity index is 821. The maximum absolute atomic E-state index is 12.0. The van der Waals surface area contributed by atoms with Gasteiger partial charge in [0, 0.05) is 12.6 Å². The molecule has 11 nitrogen and oxygen atoms in total. The number of phosphoric ester groups is 1. The Labute approximate surface area is 161 Å². The lowest BCUT2D eigenvalue weighted by molar-refractivity contribution is -0.0709. The van der Waals surface area contributed by atoms with Gasteiger partial charge in [0.15, 0.2) is 6.23 Å². The molecule has 13 heteroatoms. The fraction of sp³-hybridized carbons (Fsp3) is 0.692. The van der Waals surface area contributed by atoms with Crippen molar-refractivity contribution in [3.05, 3.63) is 30.6 Å². The number of H-pyrrole nitrogens is 1. The summed E-state index contributed by atoms with van der Waals surface area (Å²) in [6.07, 6.45) is -4.00. The molecule has 0 amide bonds. The van der Waals surface area contributed by atoms with Crippen molar-refractivity contribution in [2.75, 3.05) is 0 Å². The maximum Gasteiger partial charge on any atom is 0.470 e. The summed E-state index contributed by atoms with van der Waals surface area (Å²) < 4.78 is 22.7. The first kappa shape index (κ1) is 21.7. The normalized spacial score (nSPS) is 28.9. The van der Waals surface area contributed by atoms with Crippen LogP contribution in [0.25, 0.3) is 0 Å². The second-order valence-corrected chi connectivity index (χ2v) is 8.61. The molecule has 1 aliphatic rings. The highest BCUT2D eigenvalue weighted by atomic mass is 127. The maximum atomic E-state index is 12.0. The summed E-state index contributed by atoms with van der Waals surface area (Å²) in [4.78, 5) is 43.6. The van der Waals surface area contributed by atoms with Gasteiger partial charge in [-0.15, -0.1) is 0 Å². The summed E-state index contributed by atoms with van der Waals surface area (Å²) in [6, 6.07) is 0. The van der Waals surface area contributed by atoms with Crippen LogP contribution in [0.3, 0.4) is 0 Å². The van der Waals surface area contributed by atoms with Crippen LogP contribution < -0.4 is 11.2 Å². The first-order valence-corrected chi connectivity index (χ1v) is 10.3. The Morgan fingerprint density at radius 3 is 2.54 bits per heavy atom. The Kier molecular flexibility index (Phi) is 6.51. The van der Waals surface area contributed by atoms with Crippen LogP contribution in [0.1, 0.15) is 32.9 Å². The number of aromatic nitrogens is 2. The molecule has 5 N–H and O–H groups in total. The predicted octanol–water partition coefficient (Wildman–Crippen LogP) is -0.571. The molecule has 1 fully saturated rings. The van der Waals surface area contributed by atoms with Crippen LogP contribution in [0.15, 0.2) is 15.8 Å². The molecule has 1 aliphatic heterocycles. The van der Waals surface area contributed by atoms with Crippen LogP contribution in [0, 0.1) is 3.57 Å². The topological polar surface area (TPSA) is 171 Å². The lowest BCUT2D eigenvalue weighted by Gasteiger charge is -2.31. The molecule has 5 atom stereocenters. The van der Waals surface area contributed by atoms with Gasteiger partial charge < -0.3 is 24.7 Å². The number of aliphatic hydroxyl groups excluding tert-OH is 2. The van der Waals surface area contributed by atoms with Gasteiger partial charge in [-0.3, -0.25) is 18.9 Å². The second kappa shape index (κ2) is 7.80. The number of aromatic amines is 1. The smallest absolute Gasteiger partial charge is 0.388 e. The third kappa shape index (κ3) is 4.81. The molecule has 0 radical (unpaired) electrons. The van der Waals surface area contributed by atoms with Gasteiger partial charge >= 0.3 is 13.5 Å². The summed E-state index contributed by atoms with van der Waals surface area (Å²) in [5.41, 5.74) is -2.74. The molecule has 1 aromatic heterocycles. The molecule has 0 spiro atoms.